The van der Waals surface area contributed by atoms with E-state index in [1.807, 2.05) is 86.2 Å². The van der Waals surface area contributed by atoms with Crippen molar-refractivity contribution >= 4 is 6.09 Å². The lowest BCUT2D eigenvalue weighted by Crippen LogP contribution is -2.36. The van der Waals surface area contributed by atoms with Gasteiger partial charge in [-0.1, -0.05) is 65.0 Å². The number of rotatable bonds is 5. The molecule has 1 amide bonds. The summed E-state index contributed by atoms with van der Waals surface area (Å²) in [6, 6.07) is 17.6. The molecule has 0 unspecified atom stereocenters. The van der Waals surface area contributed by atoms with E-state index in [4.69, 9.17) is 9.26 Å². The van der Waals surface area contributed by atoms with Gasteiger partial charge in [0, 0.05) is 17.7 Å². The maximum Gasteiger partial charge on any atom is 0.410 e. The van der Waals surface area contributed by atoms with Crippen LogP contribution in [0.5, 0.6) is 0 Å². The Balaban J connectivity index is 1.26. The molecule has 0 N–H and O–H groups in total. The van der Waals surface area contributed by atoms with Crippen LogP contribution in [0.1, 0.15) is 51.1 Å². The number of aromatic nitrogens is 5. The van der Waals surface area contributed by atoms with Crippen LogP contribution >= 0.6 is 0 Å². The molecule has 4 aromatic rings. The van der Waals surface area contributed by atoms with Gasteiger partial charge in [-0.15, -0.1) is 5.10 Å². The van der Waals surface area contributed by atoms with Gasteiger partial charge in [0.25, 0.3) is 0 Å². The third kappa shape index (κ3) is 5.24. The molecule has 9 heteroatoms. The van der Waals surface area contributed by atoms with Crippen molar-refractivity contribution in [3.8, 4) is 22.6 Å². The summed E-state index contributed by atoms with van der Waals surface area (Å²) in [4.78, 5) is 18.9. The van der Waals surface area contributed by atoms with Gasteiger partial charge >= 0.3 is 6.09 Å². The molecular formula is C26H28N6O3. The zero-order valence-electron chi connectivity index (χ0n) is 20.1. The van der Waals surface area contributed by atoms with Gasteiger partial charge in [-0.2, -0.15) is 4.98 Å². The van der Waals surface area contributed by atoms with Crippen molar-refractivity contribution in [3.05, 3.63) is 72.2 Å². The molecule has 0 saturated carbocycles. The van der Waals surface area contributed by atoms with Gasteiger partial charge in [0.1, 0.15) is 17.3 Å². The Hall–Kier alpha value is -4.01. The molecule has 0 radical (unpaired) electrons. The minimum absolute atomic E-state index is 0.267. The third-order valence-corrected chi connectivity index (χ3v) is 5.77. The van der Waals surface area contributed by atoms with Crippen molar-refractivity contribution in [2.45, 2.75) is 51.8 Å². The summed E-state index contributed by atoms with van der Waals surface area (Å²) < 4.78 is 12.9. The quantitative estimate of drug-likeness (QED) is 0.398. The van der Waals surface area contributed by atoms with Crippen LogP contribution in [-0.4, -0.2) is 48.3 Å². The van der Waals surface area contributed by atoms with Gasteiger partial charge in [-0.25, -0.2) is 9.48 Å². The largest absolute Gasteiger partial charge is 0.444 e. The van der Waals surface area contributed by atoms with Crippen molar-refractivity contribution in [2.75, 3.05) is 6.54 Å². The maximum absolute atomic E-state index is 12.6. The van der Waals surface area contributed by atoms with Gasteiger partial charge in [-0.3, -0.25) is 4.90 Å². The number of benzene rings is 2. The Kier molecular flexibility index (Phi) is 6.07. The Morgan fingerprint density at radius 3 is 2.60 bits per heavy atom. The monoisotopic (exact) mass is 472 g/mol. The zero-order valence-corrected chi connectivity index (χ0v) is 20.1. The first-order chi connectivity index (χ1) is 16.9. The zero-order chi connectivity index (χ0) is 24.4. The number of hydrogen-bond acceptors (Lipinski definition) is 7. The fraction of sp³-hybridized carbons (Fsp3) is 0.346. The van der Waals surface area contributed by atoms with Crippen LogP contribution in [-0.2, 0) is 11.3 Å². The second-order valence-corrected chi connectivity index (χ2v) is 9.65. The molecule has 0 aliphatic carbocycles. The molecule has 1 aliphatic rings. The van der Waals surface area contributed by atoms with E-state index < -0.39 is 5.60 Å². The van der Waals surface area contributed by atoms with Crippen LogP contribution in [0.4, 0.5) is 4.79 Å². The highest BCUT2D eigenvalue weighted by atomic mass is 16.6. The number of amides is 1. The standard InChI is InChI=1S/C26H28N6O3/c1-26(2,3)34-25(33)32-15-7-10-22(32)24-27-23(29-35-24)20-13-11-18(12-14-20)16-31-17-21(28-30-31)19-8-5-4-6-9-19/h4-6,8-9,11-14,17,22H,7,10,15-16H2,1-3H3/t22-/m0/s1. The highest BCUT2D eigenvalue weighted by Gasteiger charge is 2.36. The summed E-state index contributed by atoms with van der Waals surface area (Å²) in [5, 5.41) is 12.7. The summed E-state index contributed by atoms with van der Waals surface area (Å²) in [5.41, 5.74) is 3.24. The van der Waals surface area contributed by atoms with Crippen LogP contribution in [0.3, 0.4) is 0 Å². The van der Waals surface area contributed by atoms with Crippen LogP contribution in [0.25, 0.3) is 22.6 Å². The molecule has 1 fully saturated rings. The predicted molar refractivity (Wildman–Crippen MR) is 129 cm³/mol. The molecular weight excluding hydrogens is 444 g/mol. The van der Waals surface area contributed by atoms with Crippen molar-refractivity contribution in [1.29, 1.82) is 0 Å². The summed E-state index contributed by atoms with van der Waals surface area (Å²) in [7, 11) is 0. The highest BCUT2D eigenvalue weighted by molar-refractivity contribution is 5.69. The van der Waals surface area contributed by atoms with Crippen LogP contribution in [0.2, 0.25) is 0 Å². The van der Waals surface area contributed by atoms with Gasteiger partial charge in [0.2, 0.25) is 11.7 Å². The Morgan fingerprint density at radius 2 is 1.86 bits per heavy atom. The average molecular weight is 473 g/mol. The van der Waals surface area contributed by atoms with Crippen molar-refractivity contribution in [2.24, 2.45) is 0 Å². The Labute approximate surface area is 203 Å². The first-order valence-electron chi connectivity index (χ1n) is 11.7. The van der Waals surface area contributed by atoms with E-state index in [9.17, 15) is 4.79 Å². The topological polar surface area (TPSA) is 99.2 Å². The second-order valence-electron chi connectivity index (χ2n) is 9.65. The predicted octanol–water partition coefficient (Wildman–Crippen LogP) is 5.12. The van der Waals surface area contributed by atoms with Gasteiger partial charge in [0.05, 0.1) is 12.7 Å². The highest BCUT2D eigenvalue weighted by Crippen LogP contribution is 2.33. The minimum atomic E-state index is -0.554. The van der Waals surface area contributed by atoms with Crippen molar-refractivity contribution in [3.63, 3.8) is 0 Å². The first-order valence-corrected chi connectivity index (χ1v) is 11.7. The van der Waals surface area contributed by atoms with E-state index in [1.54, 1.807) is 4.90 Å². The number of hydrogen-bond donors (Lipinski definition) is 0. The van der Waals surface area contributed by atoms with Crippen molar-refractivity contribution in [1.82, 2.24) is 30.0 Å². The lowest BCUT2D eigenvalue weighted by molar-refractivity contribution is 0.0199. The lowest BCUT2D eigenvalue weighted by atomic mass is 10.1. The summed E-state index contributed by atoms with van der Waals surface area (Å²) >= 11 is 0. The van der Waals surface area contributed by atoms with E-state index >= 15 is 0 Å². The molecule has 1 aliphatic heterocycles. The van der Waals surface area contributed by atoms with E-state index in [1.165, 1.54) is 0 Å². The average Bonchev–Trinajstić information content (AvgIpc) is 3.59. The second kappa shape index (κ2) is 9.32. The van der Waals surface area contributed by atoms with E-state index in [2.05, 4.69) is 20.5 Å². The molecule has 1 atom stereocenters. The third-order valence-electron chi connectivity index (χ3n) is 5.77. The molecule has 1 saturated heterocycles. The fourth-order valence-corrected chi connectivity index (χ4v) is 4.11. The molecule has 5 rings (SSSR count). The van der Waals surface area contributed by atoms with Crippen LogP contribution in [0.15, 0.2) is 65.3 Å². The lowest BCUT2D eigenvalue weighted by Gasteiger charge is -2.26. The first kappa shape index (κ1) is 22.8. The van der Waals surface area contributed by atoms with E-state index in [0.717, 1.165) is 35.2 Å². The normalized spacial score (nSPS) is 16.0. The SMILES string of the molecule is CC(C)(C)OC(=O)N1CCC[C@H]1c1nc(-c2ccc(Cn3cc(-c4ccccc4)nn3)cc2)no1. The molecule has 180 valence electrons. The summed E-state index contributed by atoms with van der Waals surface area (Å²) in [6.07, 6.45) is 3.22. The summed E-state index contributed by atoms with van der Waals surface area (Å²) in [5.74, 6) is 0.929. The molecule has 9 nitrogen and oxygen atoms in total. The summed E-state index contributed by atoms with van der Waals surface area (Å²) in [6.45, 7) is 6.78. The number of carbonyl (C=O) groups is 1. The van der Waals surface area contributed by atoms with Crippen LogP contribution in [0, 0.1) is 0 Å². The molecule has 3 heterocycles. The molecule has 2 aromatic carbocycles. The molecule has 0 spiro atoms. The fourth-order valence-electron chi connectivity index (χ4n) is 4.11. The molecule has 0 bridgehead atoms. The van der Waals surface area contributed by atoms with Crippen molar-refractivity contribution < 1.29 is 14.1 Å². The van der Waals surface area contributed by atoms with Gasteiger partial charge in [0.15, 0.2) is 0 Å². The maximum atomic E-state index is 12.6. The Bertz CT molecular complexity index is 1290. The number of carbonyl (C=O) groups excluding carboxylic acids is 1. The van der Waals surface area contributed by atoms with E-state index in [-0.39, 0.29) is 12.1 Å². The smallest absolute Gasteiger partial charge is 0.410 e. The molecule has 2 aromatic heterocycles. The number of likely N-dealkylation sites (tertiary alicyclic amines) is 1. The molecule has 35 heavy (non-hydrogen) atoms. The van der Waals surface area contributed by atoms with Gasteiger partial charge < -0.3 is 9.26 Å². The minimum Gasteiger partial charge on any atom is -0.444 e. The number of ether oxygens (including phenoxy) is 1. The van der Waals surface area contributed by atoms with E-state index in [0.29, 0.717) is 24.8 Å². The van der Waals surface area contributed by atoms with Gasteiger partial charge in [-0.05, 0) is 39.2 Å². The Morgan fingerprint density at radius 1 is 1.09 bits per heavy atom. The number of nitrogens with zero attached hydrogens (tertiary/aromatic N) is 6. The van der Waals surface area contributed by atoms with Crippen LogP contribution < -0.4 is 0 Å².